The predicted octanol–water partition coefficient (Wildman–Crippen LogP) is 3.86. The zero-order valence-corrected chi connectivity index (χ0v) is 11.5. The van der Waals surface area contributed by atoms with Crippen molar-refractivity contribution in [1.82, 2.24) is 9.78 Å². The minimum absolute atomic E-state index is 0.195. The smallest absolute Gasteiger partial charge is 0.162 e. The van der Waals surface area contributed by atoms with Gasteiger partial charge in [-0.2, -0.15) is 5.10 Å². The molecule has 0 aliphatic heterocycles. The van der Waals surface area contributed by atoms with Crippen molar-refractivity contribution in [2.45, 2.75) is 13.8 Å². The average Bonchev–Trinajstić information content (AvgIpc) is 2.81. The second-order valence-corrected chi connectivity index (χ2v) is 4.96. The Hall–Kier alpha value is -2.55. The maximum atomic E-state index is 10.2. The van der Waals surface area contributed by atoms with Crippen LogP contribution in [0.4, 0.5) is 0 Å². The zero-order valence-electron chi connectivity index (χ0n) is 11.5. The van der Waals surface area contributed by atoms with Crippen LogP contribution in [0.2, 0.25) is 0 Å². The lowest BCUT2D eigenvalue weighted by Crippen LogP contribution is -1.95. The van der Waals surface area contributed by atoms with Gasteiger partial charge >= 0.3 is 0 Å². The third-order valence-electron chi connectivity index (χ3n) is 3.36. The summed E-state index contributed by atoms with van der Waals surface area (Å²) in [4.78, 5) is 0. The summed E-state index contributed by atoms with van der Waals surface area (Å²) in [6.45, 7) is 4.05. The molecule has 0 aliphatic carbocycles. The van der Waals surface area contributed by atoms with Gasteiger partial charge in [-0.15, -0.1) is 0 Å². The van der Waals surface area contributed by atoms with Crippen molar-refractivity contribution < 1.29 is 5.11 Å². The van der Waals surface area contributed by atoms with E-state index in [4.69, 9.17) is 0 Å². The fourth-order valence-electron chi connectivity index (χ4n) is 2.30. The van der Waals surface area contributed by atoms with Crippen LogP contribution in [0.1, 0.15) is 11.1 Å². The van der Waals surface area contributed by atoms with Gasteiger partial charge in [0, 0.05) is 5.56 Å². The molecule has 0 fully saturated rings. The number of hydrogen-bond donors (Lipinski definition) is 1. The van der Waals surface area contributed by atoms with Crippen molar-refractivity contribution in [3.8, 4) is 22.7 Å². The lowest BCUT2D eigenvalue weighted by Gasteiger charge is -2.03. The van der Waals surface area contributed by atoms with Gasteiger partial charge in [-0.1, -0.05) is 36.4 Å². The molecule has 0 bridgehead atoms. The zero-order chi connectivity index (χ0) is 14.1. The molecule has 1 N–H and O–H groups in total. The van der Waals surface area contributed by atoms with Gasteiger partial charge < -0.3 is 5.11 Å². The van der Waals surface area contributed by atoms with E-state index in [0.29, 0.717) is 5.69 Å². The SMILES string of the molecule is Cc1cccc(-n2cc(O)c(-c3ccccc3C)n2)c1. The number of aromatic hydroxyl groups is 1. The molecular formula is C17H16N2O. The standard InChI is InChI=1S/C17H16N2O/c1-12-6-5-8-14(10-12)19-11-16(20)17(18-19)15-9-4-3-7-13(15)2/h3-11,20H,1-2H3. The second kappa shape index (κ2) is 4.85. The van der Waals surface area contributed by atoms with Crippen LogP contribution in [0, 0.1) is 13.8 Å². The molecule has 0 radical (unpaired) electrons. The van der Waals surface area contributed by atoms with Crippen molar-refractivity contribution in [1.29, 1.82) is 0 Å². The topological polar surface area (TPSA) is 38.0 Å². The Morgan fingerprint density at radius 3 is 2.55 bits per heavy atom. The molecule has 0 saturated carbocycles. The Labute approximate surface area is 118 Å². The first-order valence-electron chi connectivity index (χ1n) is 6.57. The number of aryl methyl sites for hydroxylation is 2. The number of nitrogens with zero attached hydrogens (tertiary/aromatic N) is 2. The van der Waals surface area contributed by atoms with Crippen LogP contribution >= 0.6 is 0 Å². The number of hydrogen-bond acceptors (Lipinski definition) is 2. The van der Waals surface area contributed by atoms with E-state index in [1.54, 1.807) is 10.9 Å². The molecule has 2 aromatic carbocycles. The molecule has 0 amide bonds. The summed E-state index contributed by atoms with van der Waals surface area (Å²) in [5, 5.41) is 14.7. The molecule has 0 saturated heterocycles. The van der Waals surface area contributed by atoms with Crippen molar-refractivity contribution in [3.63, 3.8) is 0 Å². The fraction of sp³-hybridized carbons (Fsp3) is 0.118. The molecule has 0 unspecified atom stereocenters. The maximum Gasteiger partial charge on any atom is 0.162 e. The number of rotatable bonds is 2. The van der Waals surface area contributed by atoms with Gasteiger partial charge in [0.25, 0.3) is 0 Å². The Bertz CT molecular complexity index is 759. The summed E-state index contributed by atoms with van der Waals surface area (Å²) >= 11 is 0. The molecule has 0 atom stereocenters. The van der Waals surface area contributed by atoms with Gasteiger partial charge in [-0.3, -0.25) is 0 Å². The number of aromatic nitrogens is 2. The van der Waals surface area contributed by atoms with Crippen LogP contribution < -0.4 is 0 Å². The van der Waals surface area contributed by atoms with Crippen LogP contribution in [-0.2, 0) is 0 Å². The quantitative estimate of drug-likeness (QED) is 0.763. The first kappa shape index (κ1) is 12.5. The van der Waals surface area contributed by atoms with E-state index in [0.717, 1.165) is 22.4 Å². The van der Waals surface area contributed by atoms with E-state index in [2.05, 4.69) is 5.10 Å². The summed E-state index contributed by atoms with van der Waals surface area (Å²) in [5.74, 6) is 0.195. The van der Waals surface area contributed by atoms with Crippen molar-refractivity contribution in [3.05, 3.63) is 65.9 Å². The Kier molecular flexibility index (Phi) is 3.03. The van der Waals surface area contributed by atoms with Gasteiger partial charge in [-0.05, 0) is 37.1 Å². The Balaban J connectivity index is 2.10. The average molecular weight is 264 g/mol. The third-order valence-corrected chi connectivity index (χ3v) is 3.36. The first-order chi connectivity index (χ1) is 9.65. The lowest BCUT2D eigenvalue weighted by molar-refractivity contribution is 0.477. The lowest BCUT2D eigenvalue weighted by atomic mass is 10.1. The van der Waals surface area contributed by atoms with Crippen LogP contribution in [0.15, 0.2) is 54.7 Å². The largest absolute Gasteiger partial charge is 0.504 e. The first-order valence-corrected chi connectivity index (χ1v) is 6.57. The molecular weight excluding hydrogens is 248 g/mol. The minimum Gasteiger partial charge on any atom is -0.504 e. The molecule has 0 spiro atoms. The summed E-state index contributed by atoms with van der Waals surface area (Å²) in [5.41, 5.74) is 4.77. The highest BCUT2D eigenvalue weighted by atomic mass is 16.3. The van der Waals surface area contributed by atoms with Crippen molar-refractivity contribution in [2.24, 2.45) is 0 Å². The normalized spacial score (nSPS) is 10.7. The van der Waals surface area contributed by atoms with Gasteiger partial charge in [0.15, 0.2) is 5.75 Å². The molecule has 1 aromatic heterocycles. The molecule has 1 heterocycles. The van der Waals surface area contributed by atoms with E-state index < -0.39 is 0 Å². The van der Waals surface area contributed by atoms with Gasteiger partial charge in [0.05, 0.1) is 11.9 Å². The van der Waals surface area contributed by atoms with Crippen molar-refractivity contribution >= 4 is 0 Å². The fourth-order valence-corrected chi connectivity index (χ4v) is 2.30. The van der Waals surface area contributed by atoms with Crippen LogP contribution in [0.3, 0.4) is 0 Å². The number of benzene rings is 2. The van der Waals surface area contributed by atoms with Gasteiger partial charge in [0.1, 0.15) is 5.69 Å². The Morgan fingerprint density at radius 1 is 1.00 bits per heavy atom. The summed E-state index contributed by atoms with van der Waals surface area (Å²) < 4.78 is 1.71. The molecule has 3 heteroatoms. The summed E-state index contributed by atoms with van der Waals surface area (Å²) in [7, 11) is 0. The van der Waals surface area contributed by atoms with E-state index in [-0.39, 0.29) is 5.75 Å². The van der Waals surface area contributed by atoms with E-state index in [1.165, 1.54) is 0 Å². The molecule has 100 valence electrons. The van der Waals surface area contributed by atoms with Gasteiger partial charge in [0.2, 0.25) is 0 Å². The second-order valence-electron chi connectivity index (χ2n) is 4.96. The maximum absolute atomic E-state index is 10.2. The predicted molar refractivity (Wildman–Crippen MR) is 80.1 cm³/mol. The highest BCUT2D eigenvalue weighted by Gasteiger charge is 2.12. The van der Waals surface area contributed by atoms with E-state index >= 15 is 0 Å². The van der Waals surface area contributed by atoms with Gasteiger partial charge in [-0.25, -0.2) is 4.68 Å². The highest BCUT2D eigenvalue weighted by Crippen LogP contribution is 2.30. The van der Waals surface area contributed by atoms with Crippen molar-refractivity contribution in [2.75, 3.05) is 0 Å². The summed E-state index contributed by atoms with van der Waals surface area (Å²) in [6.07, 6.45) is 1.65. The van der Waals surface area contributed by atoms with E-state index in [9.17, 15) is 5.11 Å². The van der Waals surface area contributed by atoms with Crippen LogP contribution in [0.25, 0.3) is 16.9 Å². The van der Waals surface area contributed by atoms with Crippen LogP contribution in [0.5, 0.6) is 5.75 Å². The molecule has 0 aliphatic rings. The van der Waals surface area contributed by atoms with Crippen LogP contribution in [-0.4, -0.2) is 14.9 Å². The molecule has 3 aromatic rings. The highest BCUT2D eigenvalue weighted by molar-refractivity contribution is 5.69. The molecule has 3 rings (SSSR count). The monoisotopic (exact) mass is 264 g/mol. The summed E-state index contributed by atoms with van der Waals surface area (Å²) in [6, 6.07) is 15.9. The Morgan fingerprint density at radius 2 is 1.80 bits per heavy atom. The molecule has 3 nitrogen and oxygen atoms in total. The van der Waals surface area contributed by atoms with E-state index in [1.807, 2.05) is 62.4 Å². The molecule has 20 heavy (non-hydrogen) atoms. The third kappa shape index (κ3) is 2.18. The minimum atomic E-state index is 0.195.